The first-order chi connectivity index (χ1) is 12.0. The van der Waals surface area contributed by atoms with E-state index < -0.39 is 22.1 Å². The third kappa shape index (κ3) is 5.73. The molecular weight excluding hydrogens is 371 g/mol. The van der Waals surface area contributed by atoms with Gasteiger partial charge in [0.15, 0.2) is 0 Å². The van der Waals surface area contributed by atoms with Crippen LogP contribution in [0.15, 0.2) is 35.2 Å². The van der Waals surface area contributed by atoms with Crippen molar-refractivity contribution in [1.82, 2.24) is 14.5 Å². The second-order valence-electron chi connectivity index (χ2n) is 6.09. The molecule has 0 bridgehead atoms. The maximum atomic E-state index is 12.3. The molecule has 0 saturated heterocycles. The molecule has 144 valence electrons. The van der Waals surface area contributed by atoms with E-state index >= 15 is 0 Å². The fourth-order valence-corrected chi connectivity index (χ4v) is 3.59. The van der Waals surface area contributed by atoms with Gasteiger partial charge >= 0.3 is 6.36 Å². The number of rotatable bonds is 7. The summed E-state index contributed by atoms with van der Waals surface area (Å²) in [6, 6.07) is 6.19. The molecule has 1 heterocycles. The molecule has 0 radical (unpaired) electrons. The quantitative estimate of drug-likeness (QED) is 0.788. The van der Waals surface area contributed by atoms with Gasteiger partial charge in [-0.2, -0.15) is 5.10 Å². The monoisotopic (exact) mass is 391 g/mol. The predicted octanol–water partition coefficient (Wildman–Crippen LogP) is 3.01. The van der Waals surface area contributed by atoms with Gasteiger partial charge in [0.2, 0.25) is 10.0 Å². The van der Waals surface area contributed by atoms with Crippen LogP contribution in [0.5, 0.6) is 5.75 Å². The summed E-state index contributed by atoms with van der Waals surface area (Å²) < 4.78 is 69.4. The van der Waals surface area contributed by atoms with Crippen molar-refractivity contribution in [3.8, 4) is 5.75 Å². The highest BCUT2D eigenvalue weighted by Gasteiger charge is 2.31. The van der Waals surface area contributed by atoms with Gasteiger partial charge in [0.05, 0.1) is 10.6 Å². The number of alkyl halides is 3. The van der Waals surface area contributed by atoms with E-state index in [1.54, 1.807) is 4.68 Å². The summed E-state index contributed by atoms with van der Waals surface area (Å²) in [5.41, 5.74) is 1.84. The summed E-state index contributed by atoms with van der Waals surface area (Å²) >= 11 is 0. The van der Waals surface area contributed by atoms with E-state index in [0.717, 1.165) is 23.5 Å². The van der Waals surface area contributed by atoms with E-state index in [0.29, 0.717) is 6.54 Å². The van der Waals surface area contributed by atoms with Gasteiger partial charge < -0.3 is 4.74 Å². The molecule has 0 aliphatic rings. The maximum absolute atomic E-state index is 12.3. The molecule has 10 heteroatoms. The zero-order chi connectivity index (χ0) is 19.5. The minimum Gasteiger partial charge on any atom is -0.406 e. The van der Waals surface area contributed by atoms with Crippen LogP contribution in [0.1, 0.15) is 18.3 Å². The minimum absolute atomic E-state index is 0.0719. The number of hydrogen-bond donors (Lipinski definition) is 1. The van der Waals surface area contributed by atoms with Gasteiger partial charge in [0.1, 0.15) is 5.75 Å². The van der Waals surface area contributed by atoms with Crippen LogP contribution in [0.4, 0.5) is 13.2 Å². The van der Waals surface area contributed by atoms with Crippen LogP contribution in [-0.4, -0.2) is 31.1 Å². The van der Waals surface area contributed by atoms with Crippen molar-refractivity contribution in [3.63, 3.8) is 0 Å². The van der Waals surface area contributed by atoms with E-state index in [9.17, 15) is 21.6 Å². The Bertz CT molecular complexity index is 863. The number of ether oxygens (including phenoxy) is 1. The van der Waals surface area contributed by atoms with E-state index in [2.05, 4.69) is 14.6 Å². The molecular formula is C16H20F3N3O3S. The number of nitrogens with one attached hydrogen (secondary N) is 1. The second-order valence-corrected chi connectivity index (χ2v) is 7.86. The van der Waals surface area contributed by atoms with E-state index in [1.807, 2.05) is 26.8 Å². The fraction of sp³-hybridized carbons (Fsp3) is 0.438. The molecule has 0 saturated carbocycles. The highest BCUT2D eigenvalue weighted by Crippen LogP contribution is 2.24. The Morgan fingerprint density at radius 2 is 1.96 bits per heavy atom. The molecule has 6 nitrogen and oxygen atoms in total. The van der Waals surface area contributed by atoms with E-state index in [1.165, 1.54) is 12.1 Å². The lowest BCUT2D eigenvalue weighted by molar-refractivity contribution is -0.274. The van der Waals surface area contributed by atoms with Gasteiger partial charge in [0, 0.05) is 24.8 Å². The SMILES string of the molecule is Cc1cc(C)n(CC(C)CNS(=O)(=O)c2cccc(OC(F)(F)F)c2)n1. The Labute approximate surface area is 150 Å². The Morgan fingerprint density at radius 3 is 2.54 bits per heavy atom. The van der Waals surface area contributed by atoms with Crippen molar-refractivity contribution in [2.24, 2.45) is 5.92 Å². The van der Waals surface area contributed by atoms with Crippen molar-refractivity contribution in [2.45, 2.75) is 38.6 Å². The van der Waals surface area contributed by atoms with Crippen LogP contribution >= 0.6 is 0 Å². The standard InChI is InChI=1S/C16H20F3N3O3S/c1-11(10-22-13(3)7-12(2)21-22)9-20-26(23,24)15-6-4-5-14(8-15)25-16(17,18)19/h4-8,11,20H,9-10H2,1-3H3. The average Bonchev–Trinajstić information content (AvgIpc) is 2.81. The molecule has 1 aromatic heterocycles. The number of nitrogens with zero attached hydrogens (tertiary/aromatic N) is 2. The fourth-order valence-electron chi connectivity index (χ4n) is 2.39. The third-order valence-corrected chi connectivity index (χ3v) is 4.98. The normalized spacial score (nSPS) is 13.6. The lowest BCUT2D eigenvalue weighted by atomic mass is 10.2. The smallest absolute Gasteiger partial charge is 0.406 e. The second kappa shape index (κ2) is 7.67. The molecule has 2 rings (SSSR count). The summed E-state index contributed by atoms with van der Waals surface area (Å²) in [6.07, 6.45) is -4.88. The Balaban J connectivity index is 2.02. The summed E-state index contributed by atoms with van der Waals surface area (Å²) in [6.45, 7) is 6.25. The van der Waals surface area contributed by atoms with Crippen LogP contribution in [0.25, 0.3) is 0 Å². The lowest BCUT2D eigenvalue weighted by Crippen LogP contribution is -2.30. The van der Waals surface area contributed by atoms with Crippen molar-refractivity contribution in [2.75, 3.05) is 6.54 Å². The Kier molecular flexibility index (Phi) is 5.97. The highest BCUT2D eigenvalue weighted by atomic mass is 32.2. The van der Waals surface area contributed by atoms with Crippen LogP contribution in [0.3, 0.4) is 0 Å². The van der Waals surface area contributed by atoms with Crippen molar-refractivity contribution >= 4 is 10.0 Å². The Morgan fingerprint density at radius 1 is 1.27 bits per heavy atom. The molecule has 1 aromatic carbocycles. The van der Waals surface area contributed by atoms with Gasteiger partial charge in [-0.05, 0) is 38.0 Å². The number of aromatic nitrogens is 2. The van der Waals surface area contributed by atoms with E-state index in [-0.39, 0.29) is 17.4 Å². The van der Waals surface area contributed by atoms with Crippen LogP contribution < -0.4 is 9.46 Å². The summed E-state index contributed by atoms with van der Waals surface area (Å²) in [5.74, 6) is -0.659. The summed E-state index contributed by atoms with van der Waals surface area (Å²) in [4.78, 5) is -0.294. The molecule has 0 spiro atoms. The number of sulfonamides is 1. The first-order valence-electron chi connectivity index (χ1n) is 7.83. The van der Waals surface area contributed by atoms with Crippen molar-refractivity contribution in [3.05, 3.63) is 41.7 Å². The summed E-state index contributed by atoms with van der Waals surface area (Å²) in [5, 5.41) is 4.31. The van der Waals surface area contributed by atoms with Crippen LogP contribution in [-0.2, 0) is 16.6 Å². The van der Waals surface area contributed by atoms with Gasteiger partial charge in [-0.15, -0.1) is 13.2 Å². The molecule has 1 unspecified atom stereocenters. The molecule has 26 heavy (non-hydrogen) atoms. The largest absolute Gasteiger partial charge is 0.573 e. The average molecular weight is 391 g/mol. The first kappa shape index (κ1) is 20.2. The van der Waals surface area contributed by atoms with Crippen LogP contribution in [0, 0.1) is 19.8 Å². The number of aryl methyl sites for hydroxylation is 2. The lowest BCUT2D eigenvalue weighted by Gasteiger charge is -2.15. The molecule has 0 fully saturated rings. The maximum Gasteiger partial charge on any atom is 0.573 e. The Hall–Kier alpha value is -2.07. The van der Waals surface area contributed by atoms with Gasteiger partial charge in [-0.1, -0.05) is 13.0 Å². The third-order valence-electron chi connectivity index (χ3n) is 3.56. The van der Waals surface area contributed by atoms with Gasteiger partial charge in [0.25, 0.3) is 0 Å². The molecule has 0 aliphatic heterocycles. The number of benzene rings is 1. The number of halogens is 3. The highest BCUT2D eigenvalue weighted by molar-refractivity contribution is 7.89. The van der Waals surface area contributed by atoms with Crippen molar-refractivity contribution < 1.29 is 26.3 Å². The van der Waals surface area contributed by atoms with E-state index in [4.69, 9.17) is 0 Å². The topological polar surface area (TPSA) is 73.2 Å². The molecule has 1 N–H and O–H groups in total. The molecule has 0 amide bonds. The molecule has 2 aromatic rings. The summed E-state index contributed by atoms with van der Waals surface area (Å²) in [7, 11) is -3.96. The predicted molar refractivity (Wildman–Crippen MR) is 89.2 cm³/mol. The zero-order valence-electron chi connectivity index (χ0n) is 14.5. The van der Waals surface area contributed by atoms with Gasteiger partial charge in [-0.3, -0.25) is 4.68 Å². The number of hydrogen-bond acceptors (Lipinski definition) is 4. The first-order valence-corrected chi connectivity index (χ1v) is 9.31. The van der Waals surface area contributed by atoms with Crippen molar-refractivity contribution in [1.29, 1.82) is 0 Å². The zero-order valence-corrected chi connectivity index (χ0v) is 15.4. The molecule has 1 atom stereocenters. The van der Waals surface area contributed by atoms with Gasteiger partial charge in [-0.25, -0.2) is 13.1 Å². The van der Waals surface area contributed by atoms with Crippen LogP contribution in [0.2, 0.25) is 0 Å². The minimum atomic E-state index is -4.88. The molecule has 0 aliphatic carbocycles.